The maximum Gasteiger partial charge on any atom is 0.308 e. The summed E-state index contributed by atoms with van der Waals surface area (Å²) in [6.45, 7) is 15.1. The molecule has 0 N–H and O–H groups in total. The third kappa shape index (κ3) is 27.6. The second-order valence-corrected chi connectivity index (χ2v) is 15.5. The summed E-state index contributed by atoms with van der Waals surface area (Å²) >= 11 is 0. The van der Waals surface area contributed by atoms with Crippen molar-refractivity contribution in [1.29, 1.82) is 0 Å². The average Bonchev–Trinajstić information content (AvgIpc) is 3.12. The van der Waals surface area contributed by atoms with Gasteiger partial charge in [-0.05, 0) is 52.6 Å². The summed E-state index contributed by atoms with van der Waals surface area (Å²) in [5, 5.41) is 0. The van der Waals surface area contributed by atoms with E-state index in [4.69, 9.17) is 9.47 Å². The quantitative estimate of drug-likeness (QED) is 0.0469. The molecule has 0 saturated carbocycles. The summed E-state index contributed by atoms with van der Waals surface area (Å²) in [7, 11) is 2.06. The van der Waals surface area contributed by atoms with Crippen LogP contribution >= 0.6 is 0 Å². The van der Waals surface area contributed by atoms with Gasteiger partial charge in [0.25, 0.3) is 0 Å². The molecule has 0 aromatic carbocycles. The molecule has 0 aliphatic heterocycles. The Hall–Kier alpha value is -1.63. The zero-order valence-corrected chi connectivity index (χ0v) is 35.1. The van der Waals surface area contributed by atoms with E-state index in [9.17, 15) is 14.4 Å². The molecule has 3 unspecified atom stereocenters. The predicted octanol–water partition coefficient (Wildman–Crippen LogP) is 11.7. The molecule has 0 rings (SSSR count). The van der Waals surface area contributed by atoms with E-state index in [1.54, 1.807) is 4.90 Å². The molecule has 302 valence electrons. The van der Waals surface area contributed by atoms with Crippen LogP contribution in [0.3, 0.4) is 0 Å². The summed E-state index contributed by atoms with van der Waals surface area (Å²) in [6.07, 6.45) is 28.6. The first kappa shape index (κ1) is 49.4. The molecule has 0 bridgehead atoms. The monoisotopic (exact) mass is 723 g/mol. The minimum absolute atomic E-state index is 0.0175. The highest BCUT2D eigenvalue weighted by molar-refractivity contribution is 5.77. The highest BCUT2D eigenvalue weighted by Gasteiger charge is 2.24. The van der Waals surface area contributed by atoms with Crippen molar-refractivity contribution in [3.63, 3.8) is 0 Å². The van der Waals surface area contributed by atoms with Crippen LogP contribution in [0.15, 0.2) is 0 Å². The van der Waals surface area contributed by atoms with E-state index in [-0.39, 0.29) is 48.9 Å². The van der Waals surface area contributed by atoms with Crippen LogP contribution in [0.2, 0.25) is 0 Å². The van der Waals surface area contributed by atoms with E-state index in [0.29, 0.717) is 19.5 Å². The molecule has 0 fully saturated rings. The first-order valence-electron chi connectivity index (χ1n) is 22.1. The maximum atomic E-state index is 13.6. The molecule has 0 aliphatic carbocycles. The molecule has 1 amide bonds. The molecular weight excluding hydrogens is 636 g/mol. The Morgan fingerprint density at radius 1 is 0.471 bits per heavy atom. The summed E-state index contributed by atoms with van der Waals surface area (Å²) in [4.78, 5) is 44.2. The van der Waals surface area contributed by atoms with Gasteiger partial charge in [0.1, 0.15) is 13.2 Å². The van der Waals surface area contributed by atoms with Crippen molar-refractivity contribution < 1.29 is 23.9 Å². The standard InChI is InChI=1S/C44H86N2O5/c1-8-13-17-21-23-27-31-40(29-25-19-15-10-3)43(48)50-36-34-46(42(47)38-39(6)45(7)33-12-5)35-37-51-44(49)41(30-26-20-16-11-4)32-28-24-22-18-14-9-2/h39-41H,8-38H2,1-7H3. The number of carbonyl (C=O) groups excluding carboxylic acids is 3. The van der Waals surface area contributed by atoms with Crippen LogP contribution in [-0.2, 0) is 23.9 Å². The van der Waals surface area contributed by atoms with E-state index in [1.807, 2.05) is 0 Å². The number of nitrogens with zero attached hydrogens (tertiary/aromatic N) is 2. The fraction of sp³-hybridized carbons (Fsp3) is 0.932. The van der Waals surface area contributed by atoms with Crippen molar-refractivity contribution in [3.05, 3.63) is 0 Å². The number of hydrogen-bond donors (Lipinski definition) is 0. The van der Waals surface area contributed by atoms with Gasteiger partial charge in [0, 0.05) is 12.5 Å². The van der Waals surface area contributed by atoms with E-state index in [2.05, 4.69) is 53.5 Å². The van der Waals surface area contributed by atoms with Crippen LogP contribution < -0.4 is 0 Å². The van der Waals surface area contributed by atoms with Crippen LogP contribution in [0.25, 0.3) is 0 Å². The predicted molar refractivity (Wildman–Crippen MR) is 216 cm³/mol. The molecule has 0 saturated heterocycles. The number of unbranched alkanes of at least 4 members (excludes halogenated alkanes) is 16. The zero-order valence-electron chi connectivity index (χ0n) is 35.1. The van der Waals surface area contributed by atoms with Crippen LogP contribution in [0, 0.1) is 11.8 Å². The minimum atomic E-state index is -0.115. The molecule has 0 radical (unpaired) electrons. The van der Waals surface area contributed by atoms with Crippen molar-refractivity contribution in [2.75, 3.05) is 39.9 Å². The summed E-state index contributed by atoms with van der Waals surface area (Å²) in [5.74, 6) is -0.349. The van der Waals surface area contributed by atoms with Crippen LogP contribution in [0.4, 0.5) is 0 Å². The minimum Gasteiger partial charge on any atom is -0.464 e. The lowest BCUT2D eigenvalue weighted by molar-refractivity contribution is -0.152. The van der Waals surface area contributed by atoms with Crippen molar-refractivity contribution in [2.24, 2.45) is 11.8 Å². The molecule has 0 aliphatic rings. The SMILES string of the molecule is CCCCCCCCC(CCCCCC)C(=O)OCCN(CCOC(=O)C(CCCCCC)CCCCCCCC)C(=O)CC(C)N(C)CCC. The molecule has 7 nitrogen and oxygen atoms in total. The highest BCUT2D eigenvalue weighted by atomic mass is 16.5. The van der Waals surface area contributed by atoms with Crippen molar-refractivity contribution in [2.45, 2.75) is 215 Å². The van der Waals surface area contributed by atoms with Crippen LogP contribution in [0.1, 0.15) is 208 Å². The van der Waals surface area contributed by atoms with E-state index < -0.39 is 0 Å². The molecule has 0 aromatic rings. The number of hydrogen-bond acceptors (Lipinski definition) is 6. The largest absolute Gasteiger partial charge is 0.464 e. The molecule has 0 aromatic heterocycles. The van der Waals surface area contributed by atoms with Gasteiger partial charge in [-0.1, -0.05) is 163 Å². The molecule has 3 atom stereocenters. The second kappa shape index (κ2) is 35.4. The third-order valence-corrected chi connectivity index (χ3v) is 10.7. The number of rotatable bonds is 37. The Kier molecular flexibility index (Phi) is 34.3. The lowest BCUT2D eigenvalue weighted by atomic mass is 9.94. The van der Waals surface area contributed by atoms with Gasteiger partial charge < -0.3 is 19.3 Å². The summed E-state index contributed by atoms with van der Waals surface area (Å²) < 4.78 is 11.8. The first-order chi connectivity index (χ1) is 24.7. The third-order valence-electron chi connectivity index (χ3n) is 10.7. The smallest absolute Gasteiger partial charge is 0.308 e. The Balaban J connectivity index is 5.35. The molecule has 7 heteroatoms. The number of ether oxygens (including phenoxy) is 2. The highest BCUT2D eigenvalue weighted by Crippen LogP contribution is 2.22. The lowest BCUT2D eigenvalue weighted by Gasteiger charge is -2.28. The number of esters is 2. The van der Waals surface area contributed by atoms with Gasteiger partial charge >= 0.3 is 11.9 Å². The van der Waals surface area contributed by atoms with Crippen molar-refractivity contribution >= 4 is 17.8 Å². The van der Waals surface area contributed by atoms with Gasteiger partial charge in [0.15, 0.2) is 0 Å². The molecule has 51 heavy (non-hydrogen) atoms. The van der Waals surface area contributed by atoms with Gasteiger partial charge in [0.05, 0.1) is 24.9 Å². The van der Waals surface area contributed by atoms with Crippen LogP contribution in [-0.4, -0.2) is 73.6 Å². The first-order valence-corrected chi connectivity index (χ1v) is 22.1. The normalized spacial score (nSPS) is 13.3. The maximum absolute atomic E-state index is 13.6. The lowest BCUT2D eigenvalue weighted by Crippen LogP contribution is -2.41. The molecule has 0 spiro atoms. The summed E-state index contributed by atoms with van der Waals surface area (Å²) in [6, 6.07) is 0.0969. The molecule has 0 heterocycles. The van der Waals surface area contributed by atoms with Gasteiger partial charge in [-0.2, -0.15) is 0 Å². The van der Waals surface area contributed by atoms with Crippen molar-refractivity contribution in [1.82, 2.24) is 9.80 Å². The van der Waals surface area contributed by atoms with Gasteiger partial charge in [-0.25, -0.2) is 0 Å². The van der Waals surface area contributed by atoms with E-state index in [0.717, 1.165) is 77.2 Å². The number of carbonyl (C=O) groups is 3. The van der Waals surface area contributed by atoms with Gasteiger partial charge in [-0.15, -0.1) is 0 Å². The van der Waals surface area contributed by atoms with Crippen molar-refractivity contribution in [3.8, 4) is 0 Å². The van der Waals surface area contributed by atoms with E-state index in [1.165, 1.54) is 89.9 Å². The second-order valence-electron chi connectivity index (χ2n) is 15.5. The Labute approximate surface area is 317 Å². The Bertz CT molecular complexity index is 771. The Morgan fingerprint density at radius 2 is 0.804 bits per heavy atom. The average molecular weight is 723 g/mol. The number of amides is 1. The summed E-state index contributed by atoms with van der Waals surface area (Å²) in [5.41, 5.74) is 0. The molecular formula is C44H86N2O5. The fourth-order valence-corrected chi connectivity index (χ4v) is 6.96. The van der Waals surface area contributed by atoms with Crippen LogP contribution in [0.5, 0.6) is 0 Å². The zero-order chi connectivity index (χ0) is 38.0. The van der Waals surface area contributed by atoms with Gasteiger partial charge in [0.2, 0.25) is 5.91 Å². The topological polar surface area (TPSA) is 76.1 Å². The Morgan fingerprint density at radius 3 is 1.16 bits per heavy atom. The fourth-order valence-electron chi connectivity index (χ4n) is 6.96. The van der Waals surface area contributed by atoms with E-state index >= 15 is 0 Å². The van der Waals surface area contributed by atoms with Gasteiger partial charge in [-0.3, -0.25) is 14.4 Å².